The highest BCUT2D eigenvalue weighted by Gasteiger charge is 2.36. The van der Waals surface area contributed by atoms with Gasteiger partial charge in [0.05, 0.1) is 16.8 Å². The van der Waals surface area contributed by atoms with Crippen molar-refractivity contribution in [2.45, 2.75) is 18.9 Å². The summed E-state index contributed by atoms with van der Waals surface area (Å²) in [6, 6.07) is 16.4. The number of rotatable bonds is 3. The third kappa shape index (κ3) is 3.37. The molecule has 6 nitrogen and oxygen atoms in total. The maximum absolute atomic E-state index is 13.7. The Morgan fingerprint density at radius 1 is 0.824 bits per heavy atom. The number of amides is 2. The van der Waals surface area contributed by atoms with E-state index in [1.54, 1.807) is 0 Å². The van der Waals surface area contributed by atoms with Gasteiger partial charge in [0, 0.05) is 53.4 Å². The molecular weight excluding hydrogens is 448 g/mol. The normalized spacial score (nSPS) is 17.6. The van der Waals surface area contributed by atoms with Crippen molar-refractivity contribution in [3.8, 4) is 0 Å². The van der Waals surface area contributed by atoms with Crippen LogP contribution in [0.5, 0.6) is 0 Å². The molecule has 4 aromatic rings. The number of piperidine rings is 1. The van der Waals surface area contributed by atoms with E-state index in [1.165, 1.54) is 11.0 Å². The highest BCUT2D eigenvalue weighted by molar-refractivity contribution is 6.45. The Morgan fingerprint density at radius 3 is 2.21 bits per heavy atom. The molecule has 0 radical (unpaired) electrons. The third-order valence-corrected chi connectivity index (χ3v) is 7.15. The van der Waals surface area contributed by atoms with Crippen molar-refractivity contribution < 1.29 is 9.59 Å². The van der Waals surface area contributed by atoms with Crippen molar-refractivity contribution in [3.63, 3.8) is 0 Å². The molecule has 6 rings (SSSR count). The first-order valence-electron chi connectivity index (χ1n) is 11.5. The number of para-hydroxylation sites is 2. The predicted molar refractivity (Wildman–Crippen MR) is 138 cm³/mol. The zero-order valence-electron chi connectivity index (χ0n) is 19.3. The van der Waals surface area contributed by atoms with E-state index >= 15 is 0 Å². The number of fused-ring (bicyclic) bond motifs is 2. The Kier molecular flexibility index (Phi) is 5.58. The summed E-state index contributed by atoms with van der Waals surface area (Å²) in [5, 5.41) is 1.91. The third-order valence-electron chi connectivity index (χ3n) is 7.15. The first-order valence-corrected chi connectivity index (χ1v) is 11.5. The minimum Gasteiger partial charge on any atom is -0.350 e. The molecule has 0 atom stereocenters. The fourth-order valence-corrected chi connectivity index (χ4v) is 5.39. The number of benzene rings is 2. The molecule has 1 fully saturated rings. The van der Waals surface area contributed by atoms with Gasteiger partial charge in [-0.1, -0.05) is 36.4 Å². The molecule has 2 aliphatic rings. The van der Waals surface area contributed by atoms with Crippen LogP contribution < -0.4 is 4.90 Å². The summed E-state index contributed by atoms with van der Waals surface area (Å²) in [5.74, 6) is -0.545. The molecule has 0 unspecified atom stereocenters. The zero-order chi connectivity index (χ0) is 22.7. The summed E-state index contributed by atoms with van der Waals surface area (Å²) in [4.78, 5) is 30.5. The van der Waals surface area contributed by atoms with E-state index < -0.39 is 0 Å². The van der Waals surface area contributed by atoms with Crippen molar-refractivity contribution in [2.24, 2.45) is 7.05 Å². The molecule has 0 aliphatic carbocycles. The van der Waals surface area contributed by atoms with Gasteiger partial charge in [-0.3, -0.25) is 9.59 Å². The quantitative estimate of drug-likeness (QED) is 0.401. The molecule has 0 spiro atoms. The van der Waals surface area contributed by atoms with Crippen LogP contribution in [0.1, 0.15) is 24.4 Å². The zero-order valence-corrected chi connectivity index (χ0v) is 20.1. The minimum absolute atomic E-state index is 0. The Hall–Kier alpha value is -3.35. The van der Waals surface area contributed by atoms with Crippen LogP contribution in [0, 0.1) is 0 Å². The Labute approximate surface area is 204 Å². The number of imide groups is 1. The molecule has 7 heteroatoms. The molecular formula is C27H27ClN4O2. The molecule has 0 N–H and O–H groups in total. The maximum atomic E-state index is 13.7. The molecule has 2 aliphatic heterocycles. The van der Waals surface area contributed by atoms with Crippen molar-refractivity contribution in [3.05, 3.63) is 72.6 Å². The summed E-state index contributed by atoms with van der Waals surface area (Å²) >= 11 is 0. The first kappa shape index (κ1) is 22.4. The summed E-state index contributed by atoms with van der Waals surface area (Å²) in [7, 11) is 4.11. The van der Waals surface area contributed by atoms with Gasteiger partial charge in [0.15, 0.2) is 0 Å². The SMILES string of the molecule is CN1CCC(n2cc(N3C(=O)C=C(c4cn(C)c5ccccc45)C3=O)c3ccccc32)CC1.Cl. The number of nitrogens with zero attached hydrogens (tertiary/aromatic N) is 4. The van der Waals surface area contributed by atoms with E-state index in [1.807, 2.05) is 66.5 Å². The second-order valence-electron chi connectivity index (χ2n) is 9.18. The minimum atomic E-state index is -0.283. The van der Waals surface area contributed by atoms with Crippen LogP contribution in [0.15, 0.2) is 67.0 Å². The Bertz CT molecular complexity index is 1460. The monoisotopic (exact) mass is 474 g/mol. The van der Waals surface area contributed by atoms with Gasteiger partial charge in [-0.2, -0.15) is 0 Å². The molecule has 174 valence electrons. The number of likely N-dealkylation sites (tertiary alicyclic amines) is 1. The van der Waals surface area contributed by atoms with Crippen LogP contribution in [0.2, 0.25) is 0 Å². The lowest BCUT2D eigenvalue weighted by atomic mass is 10.1. The average molecular weight is 475 g/mol. The van der Waals surface area contributed by atoms with Crippen LogP contribution in [0.3, 0.4) is 0 Å². The number of aromatic nitrogens is 2. The predicted octanol–water partition coefficient (Wildman–Crippen LogP) is 4.78. The van der Waals surface area contributed by atoms with Gasteiger partial charge in [0.2, 0.25) is 0 Å². The largest absolute Gasteiger partial charge is 0.350 e. The number of carbonyl (C=O) groups excluding carboxylic acids is 2. The molecule has 2 aromatic carbocycles. The van der Waals surface area contributed by atoms with E-state index in [4.69, 9.17) is 0 Å². The van der Waals surface area contributed by atoms with Crippen molar-refractivity contribution >= 4 is 57.3 Å². The van der Waals surface area contributed by atoms with Crippen LogP contribution >= 0.6 is 12.4 Å². The summed E-state index contributed by atoms with van der Waals surface area (Å²) in [6.07, 6.45) is 7.54. The second kappa shape index (κ2) is 8.46. The van der Waals surface area contributed by atoms with Crippen molar-refractivity contribution in [1.82, 2.24) is 14.0 Å². The lowest BCUT2D eigenvalue weighted by Gasteiger charge is -2.30. The number of anilines is 1. The molecule has 34 heavy (non-hydrogen) atoms. The van der Waals surface area contributed by atoms with Gasteiger partial charge < -0.3 is 14.0 Å². The molecule has 4 heterocycles. The molecule has 2 aromatic heterocycles. The van der Waals surface area contributed by atoms with Crippen molar-refractivity contribution in [1.29, 1.82) is 0 Å². The fourth-order valence-electron chi connectivity index (χ4n) is 5.39. The van der Waals surface area contributed by atoms with E-state index in [2.05, 4.69) is 22.6 Å². The number of halogens is 1. The van der Waals surface area contributed by atoms with Crippen molar-refractivity contribution in [2.75, 3.05) is 25.0 Å². The number of aryl methyl sites for hydroxylation is 1. The lowest BCUT2D eigenvalue weighted by molar-refractivity contribution is -0.119. The number of carbonyl (C=O) groups is 2. The van der Waals surface area contributed by atoms with Gasteiger partial charge in [-0.15, -0.1) is 12.4 Å². The van der Waals surface area contributed by atoms with E-state index in [0.29, 0.717) is 17.3 Å². The van der Waals surface area contributed by atoms with Gasteiger partial charge >= 0.3 is 0 Å². The van der Waals surface area contributed by atoms with Crippen LogP contribution in [0.4, 0.5) is 5.69 Å². The summed E-state index contributed by atoms with van der Waals surface area (Å²) < 4.78 is 4.27. The molecule has 0 bridgehead atoms. The highest BCUT2D eigenvalue weighted by Crippen LogP contribution is 2.39. The highest BCUT2D eigenvalue weighted by atomic mass is 35.5. The maximum Gasteiger partial charge on any atom is 0.266 e. The van der Waals surface area contributed by atoms with E-state index in [9.17, 15) is 9.59 Å². The van der Waals surface area contributed by atoms with E-state index in [0.717, 1.165) is 53.3 Å². The fraction of sp³-hybridized carbons (Fsp3) is 0.259. The molecule has 0 saturated carbocycles. The standard InChI is InChI=1S/C27H26N4O2.ClH/c1-28-13-11-18(12-14-28)30-17-25(20-8-4-6-10-24(20)30)31-26(32)15-21(27(31)33)22-16-29(2)23-9-5-3-7-19(22)23;/h3-10,15-18H,11-14H2,1-2H3;1H. The first-order chi connectivity index (χ1) is 16.0. The number of hydrogen-bond donors (Lipinski definition) is 0. The topological polar surface area (TPSA) is 50.5 Å². The average Bonchev–Trinajstić information content (AvgIpc) is 3.46. The summed E-state index contributed by atoms with van der Waals surface area (Å²) in [6.45, 7) is 2.09. The molecule has 1 saturated heterocycles. The van der Waals surface area contributed by atoms with Crippen LogP contribution in [-0.2, 0) is 16.6 Å². The van der Waals surface area contributed by atoms with Gasteiger partial charge in [-0.25, -0.2) is 4.90 Å². The summed E-state index contributed by atoms with van der Waals surface area (Å²) in [5.41, 5.74) is 4.03. The Morgan fingerprint density at radius 2 is 1.47 bits per heavy atom. The van der Waals surface area contributed by atoms with E-state index in [-0.39, 0.29) is 24.2 Å². The van der Waals surface area contributed by atoms with Gasteiger partial charge in [0.25, 0.3) is 11.8 Å². The van der Waals surface area contributed by atoms with Gasteiger partial charge in [-0.05, 0) is 45.1 Å². The van der Waals surface area contributed by atoms with Gasteiger partial charge in [0.1, 0.15) is 0 Å². The lowest BCUT2D eigenvalue weighted by Crippen LogP contribution is -2.32. The van der Waals surface area contributed by atoms with Crippen LogP contribution in [0.25, 0.3) is 27.4 Å². The molecule has 2 amide bonds. The Balaban J connectivity index is 0.00000241. The second-order valence-corrected chi connectivity index (χ2v) is 9.18. The smallest absolute Gasteiger partial charge is 0.266 e. The van der Waals surface area contributed by atoms with Crippen LogP contribution in [-0.4, -0.2) is 46.0 Å². The number of hydrogen-bond acceptors (Lipinski definition) is 3.